The Morgan fingerprint density at radius 2 is 1.78 bits per heavy atom. The van der Waals surface area contributed by atoms with Gasteiger partial charge in [-0.25, -0.2) is 9.59 Å². The summed E-state index contributed by atoms with van der Waals surface area (Å²) < 4.78 is 9.28. The molecule has 1 aliphatic rings. The van der Waals surface area contributed by atoms with Crippen LogP contribution in [0.5, 0.6) is 17.2 Å². The zero-order valence-corrected chi connectivity index (χ0v) is 11.4. The molecule has 124 valence electrons. The topological polar surface area (TPSA) is 171 Å². The molecule has 0 radical (unpaired) electrons. The van der Waals surface area contributed by atoms with Crippen molar-refractivity contribution in [3.8, 4) is 17.2 Å². The van der Waals surface area contributed by atoms with Crippen LogP contribution in [0.1, 0.15) is 10.4 Å². The highest BCUT2D eigenvalue weighted by molar-refractivity contribution is 6.37. The number of Topliss-reactive ketones (excluding diaryl/α,β-unsaturated/α-hetero) is 1. The summed E-state index contributed by atoms with van der Waals surface area (Å²) in [6, 6.07) is 1.52. The molecule has 1 aromatic rings. The fourth-order valence-electron chi connectivity index (χ4n) is 1.92. The van der Waals surface area contributed by atoms with Crippen LogP contribution in [0.15, 0.2) is 12.1 Å². The zero-order chi connectivity index (χ0) is 17.3. The molecule has 5 N–H and O–H groups in total. The Morgan fingerprint density at radius 1 is 1.22 bits per heavy atom. The molecule has 10 nitrogen and oxygen atoms in total. The summed E-state index contributed by atoms with van der Waals surface area (Å²) in [7, 11) is 0. The second kappa shape index (κ2) is 6.10. The number of cyclic esters (lactones) is 1. The average Bonchev–Trinajstić information content (AvgIpc) is 2.79. The van der Waals surface area contributed by atoms with Crippen LogP contribution in [-0.4, -0.2) is 68.2 Å². The molecule has 1 aliphatic heterocycles. The first-order valence-electron chi connectivity index (χ1n) is 6.26. The largest absolute Gasteiger partial charge is 0.504 e. The van der Waals surface area contributed by atoms with Gasteiger partial charge in [0, 0.05) is 0 Å². The Labute approximate surface area is 128 Å². The molecule has 0 bridgehead atoms. The lowest BCUT2D eigenvalue weighted by Gasteiger charge is -2.20. The molecule has 1 fully saturated rings. The second-order valence-electron chi connectivity index (χ2n) is 4.67. The van der Waals surface area contributed by atoms with Gasteiger partial charge in [-0.1, -0.05) is 0 Å². The van der Waals surface area contributed by atoms with Crippen molar-refractivity contribution in [3.05, 3.63) is 17.7 Å². The van der Waals surface area contributed by atoms with Gasteiger partial charge >= 0.3 is 11.9 Å². The number of esters is 2. The third-order valence-corrected chi connectivity index (χ3v) is 3.11. The van der Waals surface area contributed by atoms with Crippen LogP contribution < -0.4 is 0 Å². The van der Waals surface area contributed by atoms with Gasteiger partial charge in [0.2, 0.25) is 6.10 Å². The summed E-state index contributed by atoms with van der Waals surface area (Å²) in [4.78, 5) is 34.8. The van der Waals surface area contributed by atoms with Gasteiger partial charge < -0.3 is 35.0 Å². The molecule has 1 unspecified atom stereocenters. The number of aliphatic hydroxyl groups excluding tert-OH is 2. The number of hydrogen-bond acceptors (Lipinski definition) is 10. The number of aromatic hydroxyl groups is 3. The quantitative estimate of drug-likeness (QED) is 0.241. The van der Waals surface area contributed by atoms with Gasteiger partial charge in [-0.3, -0.25) is 4.79 Å². The molecule has 2 rings (SSSR count). The maximum Gasteiger partial charge on any atom is 0.379 e. The normalized spacial score (nSPS) is 21.8. The van der Waals surface area contributed by atoms with E-state index < -0.39 is 65.5 Å². The van der Waals surface area contributed by atoms with Crippen molar-refractivity contribution in [3.63, 3.8) is 0 Å². The molecule has 23 heavy (non-hydrogen) atoms. The minimum Gasteiger partial charge on any atom is -0.504 e. The number of carbonyl (C=O) groups excluding carboxylic acids is 3. The predicted octanol–water partition coefficient (Wildman–Crippen LogP) is -1.82. The smallest absolute Gasteiger partial charge is 0.379 e. The molecule has 1 heterocycles. The maximum atomic E-state index is 11.9. The first kappa shape index (κ1) is 16.5. The first-order valence-corrected chi connectivity index (χ1v) is 6.26. The van der Waals surface area contributed by atoms with Gasteiger partial charge in [-0.2, -0.15) is 0 Å². The molecule has 0 saturated carbocycles. The van der Waals surface area contributed by atoms with Gasteiger partial charge in [0.25, 0.3) is 5.78 Å². The summed E-state index contributed by atoms with van der Waals surface area (Å²) >= 11 is 0. The van der Waals surface area contributed by atoms with E-state index in [1.807, 2.05) is 0 Å². The fourth-order valence-corrected chi connectivity index (χ4v) is 1.92. The number of phenolic OH excluding ortho intramolecular Hbond substituents is 3. The van der Waals surface area contributed by atoms with Crippen molar-refractivity contribution in [1.29, 1.82) is 0 Å². The Kier molecular flexibility index (Phi) is 4.38. The second-order valence-corrected chi connectivity index (χ2v) is 4.67. The number of benzene rings is 1. The van der Waals surface area contributed by atoms with Gasteiger partial charge in [0.05, 0.1) is 12.2 Å². The number of ketones is 1. The Hall–Kier alpha value is -2.85. The number of aliphatic hydroxyl groups is 2. The molecule has 0 amide bonds. The van der Waals surface area contributed by atoms with Crippen LogP contribution in [-0.2, 0) is 19.1 Å². The Balaban J connectivity index is 2.24. The lowest BCUT2D eigenvalue weighted by atomic mass is 10.1. The Bertz CT molecular complexity index is 644. The highest BCUT2D eigenvalue weighted by atomic mass is 16.6. The summed E-state index contributed by atoms with van der Waals surface area (Å²) in [5, 5.41) is 46.2. The van der Waals surface area contributed by atoms with E-state index in [1.165, 1.54) is 0 Å². The number of hydrogen-bond donors (Lipinski definition) is 5. The lowest BCUT2D eigenvalue weighted by molar-refractivity contribution is -0.152. The molecule has 0 aromatic heterocycles. The van der Waals surface area contributed by atoms with E-state index in [-0.39, 0.29) is 0 Å². The molecular weight excluding hydrogens is 316 g/mol. The first-order chi connectivity index (χ1) is 10.8. The summed E-state index contributed by atoms with van der Waals surface area (Å²) in [5.74, 6) is -6.28. The number of rotatable bonds is 4. The van der Waals surface area contributed by atoms with E-state index in [0.29, 0.717) is 0 Å². The maximum absolute atomic E-state index is 11.9. The standard InChI is InChI=1S/C13H12O10/c14-3-7(17)10-11(9(19)13(21)22-10)23-12(20)4-1-5(15)8(18)6(16)2-4/h1-2,7,10-11,14-18H,3H2/t7-,10+,11?/m0/s1. The monoisotopic (exact) mass is 328 g/mol. The third kappa shape index (κ3) is 3.03. The van der Waals surface area contributed by atoms with Gasteiger partial charge in [0.15, 0.2) is 23.4 Å². The van der Waals surface area contributed by atoms with Crippen LogP contribution in [0.3, 0.4) is 0 Å². The zero-order valence-electron chi connectivity index (χ0n) is 11.4. The summed E-state index contributed by atoms with van der Waals surface area (Å²) in [6.45, 7) is -0.847. The van der Waals surface area contributed by atoms with Gasteiger partial charge in [0.1, 0.15) is 6.10 Å². The highest BCUT2D eigenvalue weighted by Crippen LogP contribution is 2.35. The van der Waals surface area contributed by atoms with Crippen LogP contribution >= 0.6 is 0 Å². The van der Waals surface area contributed by atoms with E-state index in [4.69, 9.17) is 9.84 Å². The molecule has 1 aromatic carbocycles. The average molecular weight is 328 g/mol. The van der Waals surface area contributed by atoms with Crippen molar-refractivity contribution in [1.82, 2.24) is 0 Å². The van der Waals surface area contributed by atoms with Crippen LogP contribution in [0, 0.1) is 0 Å². The number of carbonyl (C=O) groups is 3. The number of ether oxygens (including phenoxy) is 2. The Morgan fingerprint density at radius 3 is 2.30 bits per heavy atom. The lowest BCUT2D eigenvalue weighted by Crippen LogP contribution is -2.41. The third-order valence-electron chi connectivity index (χ3n) is 3.11. The molecular formula is C13H12O10. The van der Waals surface area contributed by atoms with Crippen molar-refractivity contribution in [2.75, 3.05) is 6.61 Å². The molecule has 0 spiro atoms. The van der Waals surface area contributed by atoms with Crippen LogP contribution in [0.25, 0.3) is 0 Å². The number of phenols is 3. The molecule has 0 aliphatic carbocycles. The van der Waals surface area contributed by atoms with Crippen LogP contribution in [0.2, 0.25) is 0 Å². The predicted molar refractivity (Wildman–Crippen MR) is 68.6 cm³/mol. The molecule has 1 saturated heterocycles. The van der Waals surface area contributed by atoms with Gasteiger partial charge in [-0.05, 0) is 12.1 Å². The van der Waals surface area contributed by atoms with Crippen LogP contribution in [0.4, 0.5) is 0 Å². The minimum atomic E-state index is -1.80. The molecule has 3 atom stereocenters. The minimum absolute atomic E-state index is 0.429. The van der Waals surface area contributed by atoms with E-state index in [2.05, 4.69) is 4.74 Å². The summed E-state index contributed by atoms with van der Waals surface area (Å²) in [5.41, 5.74) is -0.429. The SMILES string of the molecule is O=C1O[C@H]([C@@H](O)CO)C(OC(=O)c2cc(O)c(O)c(O)c2)C1=O. The van der Waals surface area contributed by atoms with E-state index in [9.17, 15) is 34.8 Å². The van der Waals surface area contributed by atoms with E-state index >= 15 is 0 Å². The van der Waals surface area contributed by atoms with Crippen molar-refractivity contribution >= 4 is 17.7 Å². The van der Waals surface area contributed by atoms with Crippen molar-refractivity contribution in [2.24, 2.45) is 0 Å². The van der Waals surface area contributed by atoms with Gasteiger partial charge in [-0.15, -0.1) is 0 Å². The summed E-state index contributed by atoms with van der Waals surface area (Å²) in [6.07, 6.45) is -5.02. The van der Waals surface area contributed by atoms with Crippen molar-refractivity contribution in [2.45, 2.75) is 18.3 Å². The van der Waals surface area contributed by atoms with E-state index in [0.717, 1.165) is 12.1 Å². The fraction of sp³-hybridized carbons (Fsp3) is 0.308. The highest BCUT2D eigenvalue weighted by Gasteiger charge is 2.49. The van der Waals surface area contributed by atoms with Crippen molar-refractivity contribution < 1.29 is 49.4 Å². The van der Waals surface area contributed by atoms with E-state index in [1.54, 1.807) is 0 Å². The molecule has 10 heteroatoms.